The molecule has 2 aromatic heterocycles. The Morgan fingerprint density at radius 1 is 1.55 bits per heavy atom. The maximum absolute atomic E-state index is 12.7. The van der Waals surface area contributed by atoms with Gasteiger partial charge in [0.25, 0.3) is 5.91 Å². The zero-order valence-electron chi connectivity index (χ0n) is 12.2. The molecule has 6 nitrogen and oxygen atoms in total. The number of carbonyl (C=O) groups is 2. The van der Waals surface area contributed by atoms with Gasteiger partial charge >= 0.3 is 5.97 Å². The van der Waals surface area contributed by atoms with E-state index < -0.39 is 12.0 Å². The summed E-state index contributed by atoms with van der Waals surface area (Å²) in [4.78, 5) is 33.9. The van der Waals surface area contributed by atoms with Gasteiger partial charge in [-0.05, 0) is 12.5 Å². The van der Waals surface area contributed by atoms with Crippen LogP contribution in [0.1, 0.15) is 46.0 Å². The summed E-state index contributed by atoms with van der Waals surface area (Å²) in [5.41, 5.74) is 1.81. The van der Waals surface area contributed by atoms with Crippen molar-refractivity contribution in [2.75, 3.05) is 6.54 Å². The zero-order valence-corrected chi connectivity index (χ0v) is 13.0. The topological polar surface area (TPSA) is 86.3 Å². The summed E-state index contributed by atoms with van der Waals surface area (Å²) in [6.45, 7) is 2.47. The highest BCUT2D eigenvalue weighted by molar-refractivity contribution is 7.10. The van der Waals surface area contributed by atoms with Crippen molar-refractivity contribution in [1.29, 1.82) is 0 Å². The molecule has 1 aliphatic heterocycles. The predicted octanol–water partition coefficient (Wildman–Crippen LogP) is 2.25. The molecule has 0 aliphatic carbocycles. The highest BCUT2D eigenvalue weighted by atomic mass is 32.1. The number of amides is 1. The molecule has 1 amide bonds. The first-order chi connectivity index (χ1) is 10.6. The largest absolute Gasteiger partial charge is 0.479 e. The average molecular weight is 319 g/mol. The van der Waals surface area contributed by atoms with Gasteiger partial charge in [0.1, 0.15) is 0 Å². The van der Waals surface area contributed by atoms with E-state index in [1.165, 1.54) is 11.2 Å². The number of aromatic nitrogens is 2. The Labute approximate surface area is 131 Å². The van der Waals surface area contributed by atoms with Crippen LogP contribution in [-0.2, 0) is 17.6 Å². The third-order valence-corrected chi connectivity index (χ3v) is 4.81. The molecule has 0 fully saturated rings. The number of rotatable bonds is 4. The van der Waals surface area contributed by atoms with E-state index in [0.29, 0.717) is 24.2 Å². The number of carbonyl (C=O) groups excluding carboxylic acids is 1. The predicted molar refractivity (Wildman–Crippen MR) is 82.0 cm³/mol. The summed E-state index contributed by atoms with van der Waals surface area (Å²) in [6.07, 6.45) is 4.03. The molecule has 2 aromatic rings. The Hall–Kier alpha value is -2.15. The number of thiophene rings is 1. The van der Waals surface area contributed by atoms with E-state index in [-0.39, 0.29) is 5.91 Å². The molecule has 0 unspecified atom stereocenters. The van der Waals surface area contributed by atoms with Crippen LogP contribution in [0.25, 0.3) is 0 Å². The Kier molecular flexibility index (Phi) is 3.98. The number of carboxylic acids is 1. The summed E-state index contributed by atoms with van der Waals surface area (Å²) in [7, 11) is 0. The first-order valence-electron chi connectivity index (χ1n) is 7.25. The standard InChI is InChI=1S/C15H17N3O3S/c1-2-3-10-6-9(7-22-10)14(19)18-5-4-11-12(17-8-16-11)13(18)15(20)21/h6-8,13H,2-5H2,1H3,(H,16,17)(H,20,21)/t13-/m0/s1. The normalized spacial score (nSPS) is 17.3. The van der Waals surface area contributed by atoms with Crippen LogP contribution in [-0.4, -0.2) is 38.4 Å². The quantitative estimate of drug-likeness (QED) is 0.905. The number of nitrogens with one attached hydrogen (secondary N) is 1. The van der Waals surface area contributed by atoms with E-state index in [4.69, 9.17) is 0 Å². The lowest BCUT2D eigenvalue weighted by Crippen LogP contribution is -2.43. The smallest absolute Gasteiger partial charge is 0.332 e. The number of nitrogens with zero attached hydrogens (tertiary/aromatic N) is 2. The number of fused-ring (bicyclic) bond motifs is 1. The molecule has 3 heterocycles. The summed E-state index contributed by atoms with van der Waals surface area (Å²) in [6, 6.07) is 0.854. The van der Waals surface area contributed by atoms with E-state index in [0.717, 1.165) is 23.4 Å². The lowest BCUT2D eigenvalue weighted by molar-refractivity contribution is -0.143. The lowest BCUT2D eigenvalue weighted by Gasteiger charge is -2.32. The van der Waals surface area contributed by atoms with Crippen LogP contribution < -0.4 is 0 Å². The van der Waals surface area contributed by atoms with Crippen molar-refractivity contribution in [3.05, 3.63) is 39.6 Å². The number of hydrogen-bond acceptors (Lipinski definition) is 4. The van der Waals surface area contributed by atoms with E-state index in [9.17, 15) is 14.7 Å². The van der Waals surface area contributed by atoms with Gasteiger partial charge in [-0.1, -0.05) is 13.3 Å². The molecule has 0 aromatic carbocycles. The maximum Gasteiger partial charge on any atom is 0.332 e. The molecule has 0 spiro atoms. The zero-order chi connectivity index (χ0) is 15.7. The molecule has 22 heavy (non-hydrogen) atoms. The summed E-state index contributed by atoms with van der Waals surface area (Å²) in [5.74, 6) is -1.29. The third-order valence-electron chi connectivity index (χ3n) is 3.82. The van der Waals surface area contributed by atoms with E-state index >= 15 is 0 Å². The fraction of sp³-hybridized carbons (Fsp3) is 0.400. The third kappa shape index (κ3) is 2.52. The Morgan fingerprint density at radius 2 is 2.36 bits per heavy atom. The van der Waals surface area contributed by atoms with Crippen LogP contribution in [0, 0.1) is 0 Å². The van der Waals surface area contributed by atoms with E-state index in [1.807, 2.05) is 11.4 Å². The molecule has 0 bridgehead atoms. The van der Waals surface area contributed by atoms with Gasteiger partial charge in [0.15, 0.2) is 6.04 Å². The second-order valence-corrected chi connectivity index (χ2v) is 6.30. The SMILES string of the molecule is CCCc1cc(C(=O)N2CCc3[nH]cnc3[C@H]2C(=O)O)cs1. The van der Waals surface area contributed by atoms with Gasteiger partial charge in [-0.3, -0.25) is 4.79 Å². The second kappa shape index (κ2) is 5.92. The minimum atomic E-state index is -1.05. The number of imidazole rings is 1. The molecule has 116 valence electrons. The van der Waals surface area contributed by atoms with Gasteiger partial charge in [0.05, 0.1) is 17.6 Å². The number of hydrogen-bond donors (Lipinski definition) is 2. The molecule has 1 aliphatic rings. The second-order valence-electron chi connectivity index (χ2n) is 5.31. The van der Waals surface area contributed by atoms with Crippen LogP contribution in [0.15, 0.2) is 17.8 Å². The fourth-order valence-electron chi connectivity index (χ4n) is 2.78. The molecule has 3 rings (SSSR count). The van der Waals surface area contributed by atoms with Crippen molar-refractivity contribution >= 4 is 23.2 Å². The monoisotopic (exact) mass is 319 g/mol. The highest BCUT2D eigenvalue weighted by Crippen LogP contribution is 2.30. The molecule has 0 saturated heterocycles. The van der Waals surface area contributed by atoms with Crippen molar-refractivity contribution in [3.8, 4) is 0 Å². The molecule has 2 N–H and O–H groups in total. The van der Waals surface area contributed by atoms with E-state index in [2.05, 4.69) is 16.9 Å². The Morgan fingerprint density at radius 3 is 3.09 bits per heavy atom. The number of carboxylic acid groups (broad SMARTS) is 1. The lowest BCUT2D eigenvalue weighted by atomic mass is 10.0. The average Bonchev–Trinajstić information content (AvgIpc) is 3.14. The van der Waals surface area contributed by atoms with Crippen LogP contribution in [0.5, 0.6) is 0 Å². The number of H-pyrrole nitrogens is 1. The van der Waals surface area contributed by atoms with Gasteiger partial charge in [-0.2, -0.15) is 0 Å². The molecular formula is C15H17N3O3S. The molecule has 1 atom stereocenters. The van der Waals surface area contributed by atoms with Crippen LogP contribution in [0.3, 0.4) is 0 Å². The minimum absolute atomic E-state index is 0.236. The molecule has 0 saturated carbocycles. The first kappa shape index (κ1) is 14.8. The maximum atomic E-state index is 12.7. The van der Waals surface area contributed by atoms with Crippen molar-refractivity contribution in [2.24, 2.45) is 0 Å². The van der Waals surface area contributed by atoms with Gasteiger partial charge in [-0.15, -0.1) is 11.3 Å². The van der Waals surface area contributed by atoms with Gasteiger partial charge in [0.2, 0.25) is 0 Å². The summed E-state index contributed by atoms with van der Waals surface area (Å²) < 4.78 is 0. The van der Waals surface area contributed by atoms with Crippen molar-refractivity contribution in [2.45, 2.75) is 32.2 Å². The molecule has 0 radical (unpaired) electrons. The van der Waals surface area contributed by atoms with Crippen LogP contribution in [0.4, 0.5) is 0 Å². The summed E-state index contributed by atoms with van der Waals surface area (Å²) >= 11 is 1.55. The summed E-state index contributed by atoms with van der Waals surface area (Å²) in [5, 5.41) is 11.3. The number of aromatic amines is 1. The van der Waals surface area contributed by atoms with Gasteiger partial charge in [-0.25, -0.2) is 9.78 Å². The number of aliphatic carboxylic acids is 1. The number of aryl methyl sites for hydroxylation is 1. The van der Waals surface area contributed by atoms with Crippen LogP contribution in [0.2, 0.25) is 0 Å². The van der Waals surface area contributed by atoms with Gasteiger partial charge < -0.3 is 15.0 Å². The van der Waals surface area contributed by atoms with Gasteiger partial charge in [0, 0.05) is 28.9 Å². The minimum Gasteiger partial charge on any atom is -0.479 e. The van der Waals surface area contributed by atoms with Crippen molar-refractivity contribution < 1.29 is 14.7 Å². The van der Waals surface area contributed by atoms with E-state index in [1.54, 1.807) is 11.3 Å². The van der Waals surface area contributed by atoms with Crippen molar-refractivity contribution in [1.82, 2.24) is 14.9 Å². The van der Waals surface area contributed by atoms with Crippen molar-refractivity contribution in [3.63, 3.8) is 0 Å². The highest BCUT2D eigenvalue weighted by Gasteiger charge is 2.38. The molecule has 7 heteroatoms. The first-order valence-corrected chi connectivity index (χ1v) is 8.13. The Bertz CT molecular complexity index is 706. The molecular weight excluding hydrogens is 302 g/mol. The fourth-order valence-corrected chi connectivity index (χ4v) is 3.75. The Balaban J connectivity index is 1.89. The van der Waals surface area contributed by atoms with Crippen LogP contribution >= 0.6 is 11.3 Å².